The predicted molar refractivity (Wildman–Crippen MR) is 57.0 cm³/mol. The Bertz CT molecular complexity index is 297. The van der Waals surface area contributed by atoms with E-state index in [1.54, 1.807) is 0 Å². The van der Waals surface area contributed by atoms with Gasteiger partial charge in [0.05, 0.1) is 11.8 Å². The van der Waals surface area contributed by atoms with Crippen molar-refractivity contribution in [3.63, 3.8) is 0 Å². The minimum atomic E-state index is 0.126. The average Bonchev–Trinajstić information content (AvgIpc) is 2.25. The lowest BCUT2D eigenvalue weighted by molar-refractivity contribution is 0.167. The van der Waals surface area contributed by atoms with E-state index < -0.39 is 0 Å². The Kier molecular flexibility index (Phi) is 5.08. The van der Waals surface area contributed by atoms with E-state index in [0.717, 1.165) is 5.56 Å². The first-order chi connectivity index (χ1) is 6.88. The van der Waals surface area contributed by atoms with Crippen LogP contribution in [0.1, 0.15) is 10.8 Å². The molecule has 0 saturated carbocycles. The summed E-state index contributed by atoms with van der Waals surface area (Å²) in [5, 5.41) is 17.3. The average molecular weight is 208 g/mol. The van der Waals surface area contributed by atoms with Gasteiger partial charge in [-0.15, -0.1) is 11.8 Å². The van der Waals surface area contributed by atoms with Crippen molar-refractivity contribution in [1.29, 1.82) is 5.26 Å². The van der Waals surface area contributed by atoms with Gasteiger partial charge in [0, 0.05) is 11.8 Å². The van der Waals surface area contributed by atoms with Crippen LogP contribution >= 0.6 is 11.8 Å². The van der Waals surface area contributed by atoms with Crippen LogP contribution in [0.4, 0.5) is 0 Å². The Morgan fingerprint density at radius 2 is 2.14 bits per heavy atom. The van der Waals surface area contributed by atoms with E-state index in [2.05, 4.69) is 11.5 Å². The van der Waals surface area contributed by atoms with Crippen LogP contribution < -0.4 is 5.48 Å². The summed E-state index contributed by atoms with van der Waals surface area (Å²) in [4.78, 5) is 0. The van der Waals surface area contributed by atoms with Gasteiger partial charge in [-0.3, -0.25) is 0 Å². The van der Waals surface area contributed by atoms with Gasteiger partial charge in [0.2, 0.25) is 0 Å². The molecule has 0 aliphatic heterocycles. The second kappa shape index (κ2) is 6.44. The van der Waals surface area contributed by atoms with Gasteiger partial charge in [-0.1, -0.05) is 30.3 Å². The molecular formula is C10H12N2OS. The molecule has 0 bridgehead atoms. The van der Waals surface area contributed by atoms with Crippen molar-refractivity contribution in [2.75, 3.05) is 12.3 Å². The molecule has 14 heavy (non-hydrogen) atoms. The predicted octanol–water partition coefficient (Wildman–Crippen LogP) is 1.96. The van der Waals surface area contributed by atoms with Gasteiger partial charge in [0.25, 0.3) is 0 Å². The number of hydrogen-bond acceptors (Lipinski definition) is 4. The molecule has 4 heteroatoms. The summed E-state index contributed by atoms with van der Waals surface area (Å²) in [6.07, 6.45) is 0. The van der Waals surface area contributed by atoms with Crippen molar-refractivity contribution in [2.45, 2.75) is 5.25 Å². The molecule has 0 radical (unpaired) electrons. The smallest absolute Gasteiger partial charge is 0.0814 e. The van der Waals surface area contributed by atoms with Crippen LogP contribution in [-0.4, -0.2) is 17.5 Å². The van der Waals surface area contributed by atoms with Crippen molar-refractivity contribution < 1.29 is 5.21 Å². The molecule has 1 aromatic carbocycles. The lowest BCUT2D eigenvalue weighted by Crippen LogP contribution is -2.15. The van der Waals surface area contributed by atoms with Gasteiger partial charge < -0.3 is 5.21 Å². The first-order valence-corrected chi connectivity index (χ1v) is 5.34. The number of thioether (sulfide) groups is 1. The van der Waals surface area contributed by atoms with Gasteiger partial charge in [-0.2, -0.15) is 5.26 Å². The molecule has 0 heterocycles. The summed E-state index contributed by atoms with van der Waals surface area (Å²) in [5.41, 5.74) is 3.26. The van der Waals surface area contributed by atoms with Gasteiger partial charge in [-0.05, 0) is 5.56 Å². The molecule has 0 spiro atoms. The number of nitriles is 1. The minimum Gasteiger partial charge on any atom is -0.317 e. The van der Waals surface area contributed by atoms with Gasteiger partial charge >= 0.3 is 0 Å². The van der Waals surface area contributed by atoms with E-state index in [1.165, 1.54) is 11.8 Å². The van der Waals surface area contributed by atoms with Crippen LogP contribution in [0.5, 0.6) is 0 Å². The fraction of sp³-hybridized carbons (Fsp3) is 0.300. The summed E-state index contributed by atoms with van der Waals surface area (Å²) in [5.74, 6) is 0.432. The highest BCUT2D eigenvalue weighted by Gasteiger charge is 2.10. The first-order valence-electron chi connectivity index (χ1n) is 4.29. The van der Waals surface area contributed by atoms with Gasteiger partial charge in [0.1, 0.15) is 0 Å². The number of benzene rings is 1. The molecule has 3 nitrogen and oxygen atoms in total. The number of rotatable bonds is 5. The van der Waals surface area contributed by atoms with Gasteiger partial charge in [0.15, 0.2) is 0 Å². The topological polar surface area (TPSA) is 56.0 Å². The fourth-order valence-corrected chi connectivity index (χ4v) is 1.98. The minimum absolute atomic E-state index is 0.126. The monoisotopic (exact) mass is 208 g/mol. The van der Waals surface area contributed by atoms with Crippen LogP contribution in [0.25, 0.3) is 0 Å². The molecule has 1 atom stereocenters. The van der Waals surface area contributed by atoms with E-state index in [4.69, 9.17) is 10.5 Å². The molecule has 1 aromatic rings. The Morgan fingerprint density at radius 3 is 2.71 bits per heavy atom. The van der Waals surface area contributed by atoms with Crippen molar-refractivity contribution >= 4 is 11.8 Å². The molecule has 1 unspecified atom stereocenters. The summed E-state index contributed by atoms with van der Waals surface area (Å²) in [7, 11) is 0. The molecule has 0 saturated heterocycles. The highest BCUT2D eigenvalue weighted by Crippen LogP contribution is 2.27. The summed E-state index contributed by atoms with van der Waals surface area (Å²) < 4.78 is 0. The first kappa shape index (κ1) is 11.1. The van der Waals surface area contributed by atoms with Crippen molar-refractivity contribution in [2.24, 2.45) is 0 Å². The van der Waals surface area contributed by atoms with Crippen LogP contribution in [0.15, 0.2) is 30.3 Å². The van der Waals surface area contributed by atoms with Crippen molar-refractivity contribution in [3.8, 4) is 6.07 Å². The second-order valence-corrected chi connectivity index (χ2v) is 3.92. The van der Waals surface area contributed by atoms with Crippen molar-refractivity contribution in [1.82, 2.24) is 5.48 Å². The number of hydroxylamine groups is 1. The molecule has 74 valence electrons. The number of nitrogens with zero attached hydrogens (tertiary/aromatic N) is 1. The molecule has 1 rings (SSSR count). The lowest BCUT2D eigenvalue weighted by Gasteiger charge is -2.13. The molecule has 0 amide bonds. The Hall–Kier alpha value is -1.02. The number of hydrogen-bond donors (Lipinski definition) is 2. The molecule has 0 aliphatic rings. The van der Waals surface area contributed by atoms with E-state index in [-0.39, 0.29) is 5.25 Å². The zero-order valence-electron chi connectivity index (χ0n) is 7.68. The maximum atomic E-state index is 8.65. The fourth-order valence-electron chi connectivity index (χ4n) is 1.16. The lowest BCUT2D eigenvalue weighted by atomic mass is 10.1. The quantitative estimate of drug-likeness (QED) is 0.726. The normalized spacial score (nSPS) is 12.0. The Morgan fingerprint density at radius 1 is 1.43 bits per heavy atom. The molecule has 0 fully saturated rings. The summed E-state index contributed by atoms with van der Waals surface area (Å²) in [6.45, 7) is 0.455. The van der Waals surface area contributed by atoms with Crippen LogP contribution in [0.3, 0.4) is 0 Å². The van der Waals surface area contributed by atoms with E-state index >= 15 is 0 Å². The summed E-state index contributed by atoms with van der Waals surface area (Å²) in [6, 6.07) is 11.9. The third-order valence-corrected chi connectivity index (χ3v) is 2.93. The van der Waals surface area contributed by atoms with E-state index in [9.17, 15) is 0 Å². The third kappa shape index (κ3) is 3.38. The summed E-state index contributed by atoms with van der Waals surface area (Å²) >= 11 is 1.52. The second-order valence-electron chi connectivity index (χ2n) is 2.73. The van der Waals surface area contributed by atoms with Crippen molar-refractivity contribution in [3.05, 3.63) is 35.9 Å². The zero-order valence-corrected chi connectivity index (χ0v) is 8.50. The third-order valence-electron chi connectivity index (χ3n) is 1.80. The van der Waals surface area contributed by atoms with Crippen LogP contribution in [-0.2, 0) is 0 Å². The standard InChI is InChI=1S/C10H12N2OS/c11-6-7-14-10(8-12-13)9-4-2-1-3-5-9/h1-5,10,12-13H,7-8H2. The highest BCUT2D eigenvalue weighted by molar-refractivity contribution is 7.99. The maximum absolute atomic E-state index is 8.65. The van der Waals surface area contributed by atoms with Crippen LogP contribution in [0.2, 0.25) is 0 Å². The highest BCUT2D eigenvalue weighted by atomic mass is 32.2. The Balaban J connectivity index is 2.63. The molecular weight excluding hydrogens is 196 g/mol. The maximum Gasteiger partial charge on any atom is 0.0814 e. The molecule has 2 N–H and O–H groups in total. The number of nitrogens with one attached hydrogen (secondary N) is 1. The zero-order chi connectivity index (χ0) is 10.2. The van der Waals surface area contributed by atoms with E-state index in [0.29, 0.717) is 12.3 Å². The molecule has 0 aromatic heterocycles. The SMILES string of the molecule is N#CCSC(CNO)c1ccccc1. The Labute approximate surface area is 87.7 Å². The van der Waals surface area contributed by atoms with Crippen LogP contribution in [0, 0.1) is 11.3 Å². The van der Waals surface area contributed by atoms with E-state index in [1.807, 2.05) is 30.3 Å². The molecule has 0 aliphatic carbocycles. The van der Waals surface area contributed by atoms with Gasteiger partial charge in [-0.25, -0.2) is 5.48 Å². The largest absolute Gasteiger partial charge is 0.317 e.